The molecule has 2 fully saturated rings. The van der Waals surface area contributed by atoms with Crippen molar-refractivity contribution in [1.29, 1.82) is 0 Å². The van der Waals surface area contributed by atoms with Crippen LogP contribution in [0.15, 0.2) is 30.3 Å². The largest absolute Gasteiger partial charge is 0.481 e. The zero-order valence-electron chi connectivity index (χ0n) is 41.3. The molecule has 2 aliphatic heterocycles. The Hall–Kier alpha value is -4.15. The maximum absolute atomic E-state index is 14.5. The van der Waals surface area contributed by atoms with Crippen molar-refractivity contribution in [2.24, 2.45) is 35.5 Å². The Kier molecular flexibility index (Phi) is 22.5. The molecule has 0 saturated carbocycles. The number of Topliss-reactive ketones (excluding diaryl/α,β-unsaturated/α-hetero) is 2. The lowest BCUT2D eigenvalue weighted by molar-refractivity contribution is -0.149. The zero-order chi connectivity index (χ0) is 49.6. The number of carbonyl (C=O) groups is 8. The van der Waals surface area contributed by atoms with Crippen molar-refractivity contribution in [3.8, 4) is 0 Å². The monoisotopic (exact) mass is 943 g/mol. The molecule has 16 heteroatoms. The molecule has 2 heterocycles. The summed E-state index contributed by atoms with van der Waals surface area (Å²) in [5.41, 5.74) is 0.827. The number of rotatable bonds is 28. The molecule has 1 unspecified atom stereocenters. The number of ether oxygens (including phenoxy) is 2. The first kappa shape index (κ1) is 56.2. The number of aliphatic carboxylic acids is 1. The molecule has 66 heavy (non-hydrogen) atoms. The topological polar surface area (TPSA) is 188 Å². The number of carbonyl (C=O) groups excluding carboxylic acids is 7. The van der Waals surface area contributed by atoms with E-state index in [-0.39, 0.29) is 104 Å². The summed E-state index contributed by atoms with van der Waals surface area (Å²) in [5, 5.41) is 9.39. The molecule has 0 aromatic heterocycles. The van der Waals surface area contributed by atoms with E-state index in [0.717, 1.165) is 5.56 Å². The van der Waals surface area contributed by atoms with Crippen molar-refractivity contribution in [2.45, 2.75) is 155 Å². The second-order valence-corrected chi connectivity index (χ2v) is 20.1. The van der Waals surface area contributed by atoms with Crippen LogP contribution in [0.4, 0.5) is 0 Å². The molecule has 1 aromatic carbocycles. The molecule has 3 rings (SSSR count). The van der Waals surface area contributed by atoms with Crippen molar-refractivity contribution in [3.63, 3.8) is 0 Å². The Balaban J connectivity index is 1.68. The number of hydrogen-bond donors (Lipinski definition) is 2. The van der Waals surface area contributed by atoms with E-state index in [0.29, 0.717) is 38.6 Å². The number of amides is 5. The van der Waals surface area contributed by atoms with Crippen molar-refractivity contribution < 1.29 is 52.9 Å². The van der Waals surface area contributed by atoms with E-state index in [4.69, 9.17) is 9.47 Å². The highest BCUT2D eigenvalue weighted by molar-refractivity contribution is 7.81. The number of likely N-dealkylation sites (tertiary alicyclic amines) is 2. The average Bonchev–Trinajstić information content (AvgIpc) is 3.84. The quantitative estimate of drug-likeness (QED) is 0.0592. The summed E-state index contributed by atoms with van der Waals surface area (Å²) >= 11 is 4.16. The Morgan fingerprint density at radius 1 is 0.818 bits per heavy atom. The van der Waals surface area contributed by atoms with Gasteiger partial charge in [0.2, 0.25) is 29.5 Å². The van der Waals surface area contributed by atoms with Gasteiger partial charge < -0.3 is 29.3 Å². The molecule has 1 aromatic rings. The van der Waals surface area contributed by atoms with Gasteiger partial charge in [-0.3, -0.25) is 43.3 Å². The summed E-state index contributed by atoms with van der Waals surface area (Å²) in [5.74, 6) is -5.62. The SMILES string of the molecule is CO[C@H]([C@@H](C)C(=O)C[C@@H](Cc1ccccc1)C(=O)O)[C@@H]1CCCN1C(=O)C[C@@H](OC)[C@H](C(C)C)N(C)C(=O)[C@@H](CC(=O)[C@H](C(C)C)N(C)C(=O)CCCCCN1C(=O)CC(S)C1=O)C(C)C. The van der Waals surface area contributed by atoms with Crippen LogP contribution in [0.2, 0.25) is 0 Å². The molecule has 2 aliphatic rings. The fourth-order valence-electron chi connectivity index (χ4n) is 10.00. The Bertz CT molecular complexity index is 1830. The summed E-state index contributed by atoms with van der Waals surface area (Å²) in [6.45, 7) is 13.9. The van der Waals surface area contributed by atoms with Gasteiger partial charge in [-0.25, -0.2) is 0 Å². The minimum atomic E-state index is -1.05. The normalized spacial score (nSPS) is 19.7. The van der Waals surface area contributed by atoms with Crippen LogP contribution in [0.5, 0.6) is 0 Å². The van der Waals surface area contributed by atoms with Crippen LogP contribution in [-0.2, 0) is 54.3 Å². The van der Waals surface area contributed by atoms with Gasteiger partial charge in [0.05, 0.1) is 47.9 Å². The summed E-state index contributed by atoms with van der Waals surface area (Å²) in [7, 11) is 6.31. The molecule has 15 nitrogen and oxygen atoms in total. The van der Waals surface area contributed by atoms with E-state index in [9.17, 15) is 43.5 Å². The van der Waals surface area contributed by atoms with Crippen molar-refractivity contribution in [2.75, 3.05) is 41.4 Å². The predicted molar refractivity (Wildman–Crippen MR) is 254 cm³/mol. The fraction of sp³-hybridized carbons (Fsp3) is 0.720. The number of hydrogen-bond acceptors (Lipinski definition) is 11. The highest BCUT2D eigenvalue weighted by atomic mass is 32.1. The lowest BCUT2D eigenvalue weighted by Gasteiger charge is -2.40. The van der Waals surface area contributed by atoms with Crippen LogP contribution in [0.1, 0.15) is 118 Å². The van der Waals surface area contributed by atoms with Crippen LogP contribution in [-0.4, -0.2) is 149 Å². The van der Waals surface area contributed by atoms with Crippen LogP contribution in [0.3, 0.4) is 0 Å². The highest BCUT2D eigenvalue weighted by Gasteiger charge is 2.44. The molecule has 370 valence electrons. The van der Waals surface area contributed by atoms with Gasteiger partial charge in [0, 0.05) is 78.9 Å². The van der Waals surface area contributed by atoms with E-state index in [2.05, 4.69) is 12.6 Å². The number of thiol groups is 1. The summed E-state index contributed by atoms with van der Waals surface area (Å²) in [4.78, 5) is 113. The van der Waals surface area contributed by atoms with Crippen molar-refractivity contribution in [3.05, 3.63) is 35.9 Å². The number of carboxylic acids is 1. The third kappa shape index (κ3) is 14.9. The number of carboxylic acid groups (broad SMARTS) is 1. The maximum atomic E-state index is 14.5. The third-order valence-corrected chi connectivity index (χ3v) is 14.1. The summed E-state index contributed by atoms with van der Waals surface area (Å²) in [6.07, 6.45) is 1.82. The van der Waals surface area contributed by atoms with E-state index < -0.39 is 59.3 Å². The molecule has 0 spiro atoms. The van der Waals surface area contributed by atoms with Crippen LogP contribution >= 0.6 is 12.6 Å². The maximum Gasteiger partial charge on any atom is 0.307 e. The zero-order valence-corrected chi connectivity index (χ0v) is 42.2. The van der Waals surface area contributed by atoms with Gasteiger partial charge in [-0.15, -0.1) is 0 Å². The minimum absolute atomic E-state index is 0.0529. The average molecular weight is 943 g/mol. The number of benzene rings is 1. The number of likely N-dealkylation sites (N-methyl/N-ethyl adjacent to an activating group) is 2. The fourth-order valence-corrected chi connectivity index (χ4v) is 10.3. The molecule has 0 bridgehead atoms. The van der Waals surface area contributed by atoms with E-state index in [1.807, 2.05) is 71.9 Å². The number of methoxy groups -OCH3 is 2. The van der Waals surface area contributed by atoms with E-state index in [1.54, 1.807) is 30.8 Å². The Labute approximate surface area is 398 Å². The predicted octanol–water partition coefficient (Wildman–Crippen LogP) is 5.75. The van der Waals surface area contributed by atoms with Gasteiger partial charge in [0.1, 0.15) is 5.78 Å². The van der Waals surface area contributed by atoms with Gasteiger partial charge >= 0.3 is 5.97 Å². The van der Waals surface area contributed by atoms with E-state index in [1.165, 1.54) is 24.0 Å². The van der Waals surface area contributed by atoms with Gasteiger partial charge in [0.15, 0.2) is 5.78 Å². The summed E-state index contributed by atoms with van der Waals surface area (Å²) in [6, 6.07) is 7.45. The molecular weight excluding hydrogens is 865 g/mol. The van der Waals surface area contributed by atoms with Gasteiger partial charge in [-0.05, 0) is 55.4 Å². The first-order chi connectivity index (χ1) is 31.1. The van der Waals surface area contributed by atoms with Crippen LogP contribution in [0, 0.1) is 35.5 Å². The lowest BCUT2D eigenvalue weighted by Crippen LogP contribution is -2.54. The minimum Gasteiger partial charge on any atom is -0.481 e. The number of ketones is 2. The lowest BCUT2D eigenvalue weighted by atomic mass is 9.84. The van der Waals surface area contributed by atoms with Crippen LogP contribution in [0.25, 0.3) is 0 Å². The van der Waals surface area contributed by atoms with E-state index >= 15 is 0 Å². The second-order valence-electron chi connectivity index (χ2n) is 19.5. The van der Waals surface area contributed by atoms with Gasteiger partial charge in [0.25, 0.3) is 0 Å². The highest BCUT2D eigenvalue weighted by Crippen LogP contribution is 2.32. The first-order valence-corrected chi connectivity index (χ1v) is 24.3. The van der Waals surface area contributed by atoms with Gasteiger partial charge in [-0.1, -0.05) is 85.2 Å². The molecular formula is C50H78N4O11S. The smallest absolute Gasteiger partial charge is 0.307 e. The number of imide groups is 1. The first-order valence-electron chi connectivity index (χ1n) is 23.8. The molecule has 5 amide bonds. The third-order valence-electron chi connectivity index (χ3n) is 13.7. The Morgan fingerprint density at radius 2 is 1.47 bits per heavy atom. The van der Waals surface area contributed by atoms with Crippen LogP contribution < -0.4 is 0 Å². The molecule has 0 radical (unpaired) electrons. The number of nitrogens with zero attached hydrogens (tertiary/aromatic N) is 4. The molecule has 0 aliphatic carbocycles. The van der Waals surface area contributed by atoms with Crippen molar-refractivity contribution >= 4 is 59.7 Å². The standard InChI is InChI=1S/C50H78N4O11S/c1-30(2)36(27-39(56)45(31(3)4)51(8)42(57)22-16-13-17-23-54-44(59)29-41(66)49(54)61)48(60)52(9)46(32(5)6)40(64-10)28-43(58)53-24-18-21-37(53)47(65-11)33(7)38(55)26-35(50(62)63)25-34-19-14-12-15-20-34/h12,14-15,19-20,30-33,35-37,40-41,45-47,66H,13,16-18,21-29H2,1-11H3,(H,62,63)/t33-,35+,36-,37-,40+,41?,45-,46-,47+/m0/s1. The second kappa shape index (κ2) is 26.4. The number of unbranched alkanes of at least 4 members (excludes halogenated alkanes) is 2. The molecule has 9 atom stereocenters. The Morgan fingerprint density at radius 3 is 2.00 bits per heavy atom. The molecule has 2 saturated heterocycles. The molecule has 1 N–H and O–H groups in total. The van der Waals surface area contributed by atoms with Crippen molar-refractivity contribution in [1.82, 2.24) is 19.6 Å². The van der Waals surface area contributed by atoms with Gasteiger partial charge in [-0.2, -0.15) is 12.6 Å². The summed E-state index contributed by atoms with van der Waals surface area (Å²) < 4.78 is 11.9.